The van der Waals surface area contributed by atoms with E-state index in [2.05, 4.69) is 10.4 Å². The summed E-state index contributed by atoms with van der Waals surface area (Å²) < 4.78 is 10.0. The number of hydrogen-bond acceptors (Lipinski definition) is 8. The lowest BCUT2D eigenvalue weighted by Crippen LogP contribution is -2.37. The van der Waals surface area contributed by atoms with Gasteiger partial charge >= 0.3 is 12.1 Å². The second-order valence-electron chi connectivity index (χ2n) is 7.86. The van der Waals surface area contributed by atoms with Crippen LogP contribution in [0, 0.1) is 16.0 Å². The maximum atomic E-state index is 12.4. The highest BCUT2D eigenvalue weighted by atomic mass is 16.6. The Balaban J connectivity index is 1.60. The molecule has 1 aliphatic heterocycles. The summed E-state index contributed by atoms with van der Waals surface area (Å²) in [4.78, 5) is 46.2. The van der Waals surface area contributed by atoms with Crippen molar-refractivity contribution in [3.05, 3.63) is 64.2 Å². The monoisotopic (exact) mass is 482 g/mol. The third kappa shape index (κ3) is 7.10. The summed E-state index contributed by atoms with van der Waals surface area (Å²) in [6.07, 6.45) is 0.234. The molecule has 0 saturated heterocycles. The predicted molar refractivity (Wildman–Crippen MR) is 127 cm³/mol. The van der Waals surface area contributed by atoms with E-state index < -0.39 is 11.0 Å². The van der Waals surface area contributed by atoms with E-state index in [1.54, 1.807) is 31.2 Å². The third-order valence-electron chi connectivity index (χ3n) is 5.21. The number of esters is 1. The van der Waals surface area contributed by atoms with Gasteiger partial charge in [-0.15, -0.1) is 0 Å². The van der Waals surface area contributed by atoms with Gasteiger partial charge in [0, 0.05) is 43.1 Å². The van der Waals surface area contributed by atoms with Crippen molar-refractivity contribution in [1.29, 1.82) is 0 Å². The second kappa shape index (κ2) is 11.7. The molecular formula is C24H26N4O7. The highest BCUT2D eigenvalue weighted by Crippen LogP contribution is 2.23. The first-order valence-corrected chi connectivity index (χ1v) is 11.1. The van der Waals surface area contributed by atoms with Gasteiger partial charge in [0.15, 0.2) is 0 Å². The van der Waals surface area contributed by atoms with Gasteiger partial charge in [-0.05, 0) is 43.2 Å². The van der Waals surface area contributed by atoms with E-state index in [1.165, 1.54) is 29.3 Å². The standard InChI is InChI=1S/C24H26N4O7/c1-3-34-22(30)5-4-14-27-21(29)15-16(2)23(26-27)17-6-8-18(9-7-17)25-24(31)35-20-12-10-19(11-13-20)28(32)33/h6-13,16H,3-5,14-15H2,1-2H3,(H,25,31). The van der Waals surface area contributed by atoms with Crippen LogP contribution in [0.3, 0.4) is 0 Å². The minimum atomic E-state index is -0.742. The zero-order chi connectivity index (χ0) is 25.4. The van der Waals surface area contributed by atoms with Crippen LogP contribution in [0.5, 0.6) is 5.75 Å². The van der Waals surface area contributed by atoms with Gasteiger partial charge in [0.1, 0.15) is 5.75 Å². The number of carbonyl (C=O) groups is 3. The van der Waals surface area contributed by atoms with Crippen molar-refractivity contribution in [3.63, 3.8) is 0 Å². The van der Waals surface area contributed by atoms with Crippen LogP contribution >= 0.6 is 0 Å². The molecule has 2 amide bonds. The van der Waals surface area contributed by atoms with E-state index in [0.717, 1.165) is 11.3 Å². The first-order chi connectivity index (χ1) is 16.8. The van der Waals surface area contributed by atoms with Crippen molar-refractivity contribution < 1.29 is 28.8 Å². The van der Waals surface area contributed by atoms with Crippen molar-refractivity contribution in [2.24, 2.45) is 11.0 Å². The molecule has 0 aromatic heterocycles. The van der Waals surface area contributed by atoms with Gasteiger partial charge in [0.05, 0.1) is 17.2 Å². The molecule has 11 heteroatoms. The van der Waals surface area contributed by atoms with E-state index in [1.807, 2.05) is 6.92 Å². The fourth-order valence-electron chi connectivity index (χ4n) is 3.48. The molecule has 0 radical (unpaired) electrons. The predicted octanol–water partition coefficient (Wildman–Crippen LogP) is 4.12. The van der Waals surface area contributed by atoms with Gasteiger partial charge in [0.2, 0.25) is 5.91 Å². The summed E-state index contributed by atoms with van der Waals surface area (Å²) in [7, 11) is 0. The summed E-state index contributed by atoms with van der Waals surface area (Å²) >= 11 is 0. The van der Waals surface area contributed by atoms with E-state index in [4.69, 9.17) is 9.47 Å². The molecule has 1 N–H and O–H groups in total. The van der Waals surface area contributed by atoms with Gasteiger partial charge < -0.3 is 9.47 Å². The Morgan fingerprint density at radius 1 is 1.17 bits per heavy atom. The maximum Gasteiger partial charge on any atom is 0.417 e. The number of ether oxygens (including phenoxy) is 2. The van der Waals surface area contributed by atoms with Crippen LogP contribution in [-0.4, -0.2) is 46.8 Å². The van der Waals surface area contributed by atoms with Crippen LogP contribution < -0.4 is 10.1 Å². The lowest BCUT2D eigenvalue weighted by atomic mass is 9.93. The highest BCUT2D eigenvalue weighted by molar-refractivity contribution is 6.06. The first-order valence-electron chi connectivity index (χ1n) is 11.1. The molecule has 2 aromatic rings. The Kier molecular flexibility index (Phi) is 8.49. The van der Waals surface area contributed by atoms with Crippen molar-refractivity contribution in [2.75, 3.05) is 18.5 Å². The molecular weight excluding hydrogens is 456 g/mol. The molecule has 1 aliphatic rings. The Bertz CT molecular complexity index is 1110. The van der Waals surface area contributed by atoms with E-state index in [-0.39, 0.29) is 35.7 Å². The average molecular weight is 482 g/mol. The highest BCUT2D eigenvalue weighted by Gasteiger charge is 2.27. The van der Waals surface area contributed by atoms with Gasteiger partial charge in [-0.25, -0.2) is 9.80 Å². The van der Waals surface area contributed by atoms with Crippen molar-refractivity contribution in [3.8, 4) is 5.75 Å². The summed E-state index contributed by atoms with van der Waals surface area (Å²) in [5.41, 5.74) is 1.91. The van der Waals surface area contributed by atoms with Crippen LogP contribution in [0.1, 0.15) is 38.7 Å². The minimum absolute atomic E-state index is 0.0882. The molecule has 2 aromatic carbocycles. The van der Waals surface area contributed by atoms with Crippen molar-refractivity contribution in [2.45, 2.75) is 33.1 Å². The number of nitro groups is 1. The molecule has 0 bridgehead atoms. The number of nitrogens with one attached hydrogen (secondary N) is 1. The molecule has 0 aliphatic carbocycles. The van der Waals surface area contributed by atoms with E-state index in [0.29, 0.717) is 31.7 Å². The number of carbonyl (C=O) groups excluding carboxylic acids is 3. The molecule has 35 heavy (non-hydrogen) atoms. The normalized spacial score (nSPS) is 15.3. The maximum absolute atomic E-state index is 12.4. The topological polar surface area (TPSA) is 140 Å². The molecule has 3 rings (SSSR count). The van der Waals surface area contributed by atoms with Gasteiger partial charge in [-0.2, -0.15) is 5.10 Å². The Hall–Kier alpha value is -4.28. The molecule has 0 saturated carbocycles. The zero-order valence-corrected chi connectivity index (χ0v) is 19.4. The number of amides is 2. The summed E-state index contributed by atoms with van der Waals surface area (Å²) in [5.74, 6) is -0.320. The second-order valence-corrected chi connectivity index (χ2v) is 7.86. The zero-order valence-electron chi connectivity index (χ0n) is 19.4. The molecule has 0 fully saturated rings. The quantitative estimate of drug-likeness (QED) is 0.322. The van der Waals surface area contributed by atoms with Crippen LogP contribution in [0.15, 0.2) is 53.6 Å². The van der Waals surface area contributed by atoms with Crippen LogP contribution in [0.25, 0.3) is 0 Å². The minimum Gasteiger partial charge on any atom is -0.466 e. The number of non-ortho nitro benzene ring substituents is 1. The SMILES string of the molecule is CCOC(=O)CCCN1N=C(c2ccc(NC(=O)Oc3ccc([N+](=O)[O-])cc3)cc2)C(C)CC1=O. The number of benzene rings is 2. The van der Waals surface area contributed by atoms with E-state index >= 15 is 0 Å². The summed E-state index contributed by atoms with van der Waals surface area (Å²) in [6, 6.07) is 12.1. The Morgan fingerprint density at radius 3 is 2.49 bits per heavy atom. The molecule has 1 unspecified atom stereocenters. The van der Waals surface area contributed by atoms with Crippen LogP contribution in [-0.2, 0) is 14.3 Å². The van der Waals surface area contributed by atoms with E-state index in [9.17, 15) is 24.5 Å². The molecule has 11 nitrogen and oxygen atoms in total. The number of nitrogens with zero attached hydrogens (tertiary/aromatic N) is 3. The molecule has 1 atom stereocenters. The molecule has 0 spiro atoms. The Morgan fingerprint density at radius 2 is 1.86 bits per heavy atom. The number of rotatable bonds is 9. The number of anilines is 1. The number of hydrazone groups is 1. The summed E-state index contributed by atoms with van der Waals surface area (Å²) in [6.45, 7) is 4.30. The Labute approximate surface area is 201 Å². The van der Waals surface area contributed by atoms with Crippen LogP contribution in [0.4, 0.5) is 16.2 Å². The number of hydrogen-bond donors (Lipinski definition) is 1. The van der Waals surface area contributed by atoms with Crippen molar-refractivity contribution >= 4 is 35.1 Å². The first kappa shape index (κ1) is 25.3. The van der Waals surface area contributed by atoms with Gasteiger partial charge in [-0.1, -0.05) is 19.1 Å². The fourth-order valence-corrected chi connectivity index (χ4v) is 3.48. The lowest BCUT2D eigenvalue weighted by Gasteiger charge is -2.27. The molecule has 184 valence electrons. The average Bonchev–Trinajstić information content (AvgIpc) is 2.81. The largest absolute Gasteiger partial charge is 0.466 e. The van der Waals surface area contributed by atoms with Gasteiger partial charge in [-0.3, -0.25) is 25.0 Å². The molecule has 1 heterocycles. The van der Waals surface area contributed by atoms with Crippen molar-refractivity contribution in [1.82, 2.24) is 5.01 Å². The third-order valence-corrected chi connectivity index (χ3v) is 5.21. The number of nitro benzene ring substituents is 1. The van der Waals surface area contributed by atoms with Gasteiger partial charge in [0.25, 0.3) is 5.69 Å². The van der Waals surface area contributed by atoms with Crippen LogP contribution in [0.2, 0.25) is 0 Å². The smallest absolute Gasteiger partial charge is 0.417 e. The fraction of sp³-hybridized carbons (Fsp3) is 0.333. The lowest BCUT2D eigenvalue weighted by molar-refractivity contribution is -0.384. The summed E-state index contributed by atoms with van der Waals surface area (Å²) in [5, 5.41) is 19.2.